The van der Waals surface area contributed by atoms with Crippen LogP contribution in [-0.2, 0) is 10.0 Å². The summed E-state index contributed by atoms with van der Waals surface area (Å²) in [6, 6.07) is 6.92. The Bertz CT molecular complexity index is 864. The van der Waals surface area contributed by atoms with Gasteiger partial charge in [0, 0.05) is 45.9 Å². The van der Waals surface area contributed by atoms with Gasteiger partial charge >= 0.3 is 0 Å². The van der Waals surface area contributed by atoms with Crippen LogP contribution in [0.25, 0.3) is 11.3 Å². The molecule has 0 atom stereocenters. The van der Waals surface area contributed by atoms with Crippen molar-refractivity contribution in [1.82, 2.24) is 19.6 Å². The van der Waals surface area contributed by atoms with E-state index >= 15 is 0 Å². The van der Waals surface area contributed by atoms with Crippen LogP contribution in [0.5, 0.6) is 0 Å². The largest absolute Gasteiger partial charge is 0.361 e. The summed E-state index contributed by atoms with van der Waals surface area (Å²) in [6.07, 6.45) is 3.33. The van der Waals surface area contributed by atoms with Crippen molar-refractivity contribution in [3.05, 3.63) is 42.2 Å². The monoisotopic (exact) mass is 377 g/mol. The third-order valence-electron chi connectivity index (χ3n) is 3.72. The molecule has 1 N–H and O–H groups in total. The Morgan fingerprint density at radius 2 is 1.73 bits per heavy atom. The Labute approximate surface area is 153 Å². The molecule has 0 saturated carbocycles. The fourth-order valence-electron chi connectivity index (χ4n) is 2.08. The first-order valence-electron chi connectivity index (χ1n) is 7.99. The van der Waals surface area contributed by atoms with Gasteiger partial charge in [0.1, 0.15) is 5.82 Å². The zero-order chi connectivity index (χ0) is 19.3. The maximum Gasteiger partial charge on any atom is 0.251 e. The van der Waals surface area contributed by atoms with Crippen LogP contribution in [-0.4, -0.2) is 69.1 Å². The summed E-state index contributed by atoms with van der Waals surface area (Å²) in [5.41, 5.74) is 2.00. The van der Waals surface area contributed by atoms with E-state index < -0.39 is 10.0 Å². The number of amides is 1. The minimum atomic E-state index is -3.33. The fraction of sp³-hybridized carbons (Fsp3) is 0.353. The molecule has 8 nitrogen and oxygen atoms in total. The molecule has 0 fully saturated rings. The molecule has 1 heterocycles. The van der Waals surface area contributed by atoms with E-state index in [9.17, 15) is 13.2 Å². The highest BCUT2D eigenvalue weighted by Gasteiger charge is 2.14. The predicted molar refractivity (Wildman–Crippen MR) is 102 cm³/mol. The van der Waals surface area contributed by atoms with Gasteiger partial charge in [-0.1, -0.05) is 12.1 Å². The number of aromatic nitrogens is 2. The van der Waals surface area contributed by atoms with Crippen LogP contribution in [0.15, 0.2) is 36.7 Å². The van der Waals surface area contributed by atoms with Gasteiger partial charge in [-0.05, 0) is 12.1 Å². The van der Waals surface area contributed by atoms with Crippen molar-refractivity contribution in [3.63, 3.8) is 0 Å². The zero-order valence-electron chi connectivity index (χ0n) is 15.3. The van der Waals surface area contributed by atoms with E-state index in [1.165, 1.54) is 14.1 Å². The summed E-state index contributed by atoms with van der Waals surface area (Å²) in [5.74, 6) is 0.279. The van der Waals surface area contributed by atoms with Crippen LogP contribution in [0.3, 0.4) is 0 Å². The minimum Gasteiger partial charge on any atom is -0.361 e. The van der Waals surface area contributed by atoms with E-state index in [2.05, 4.69) is 15.3 Å². The molecule has 0 aliphatic rings. The lowest BCUT2D eigenvalue weighted by Gasteiger charge is -2.12. The van der Waals surface area contributed by atoms with Gasteiger partial charge in [-0.3, -0.25) is 9.78 Å². The highest BCUT2D eigenvalue weighted by Crippen LogP contribution is 2.19. The summed E-state index contributed by atoms with van der Waals surface area (Å²) in [5, 5.41) is 2.61. The Morgan fingerprint density at radius 1 is 1.08 bits per heavy atom. The van der Waals surface area contributed by atoms with Crippen molar-refractivity contribution in [2.24, 2.45) is 0 Å². The summed E-state index contributed by atoms with van der Waals surface area (Å²) < 4.78 is 24.5. The quantitative estimate of drug-likeness (QED) is 0.768. The molecule has 1 aromatic heterocycles. The number of nitrogens with one attached hydrogen (secondary N) is 1. The van der Waals surface area contributed by atoms with E-state index in [0.717, 1.165) is 15.7 Å². The molecule has 2 aromatic rings. The molecule has 0 spiro atoms. The average molecular weight is 377 g/mol. The lowest BCUT2D eigenvalue weighted by Crippen LogP contribution is -2.33. The second kappa shape index (κ2) is 8.24. The van der Waals surface area contributed by atoms with Gasteiger partial charge in [0.2, 0.25) is 10.0 Å². The van der Waals surface area contributed by atoms with Crippen molar-refractivity contribution >= 4 is 21.7 Å². The summed E-state index contributed by atoms with van der Waals surface area (Å²) in [6.45, 7) is 0.0530. The molecular weight excluding hydrogens is 354 g/mol. The van der Waals surface area contributed by atoms with E-state index in [4.69, 9.17) is 0 Å². The summed E-state index contributed by atoms with van der Waals surface area (Å²) >= 11 is 0. The normalized spacial score (nSPS) is 11.4. The molecule has 0 unspecified atom stereocenters. The predicted octanol–water partition coefficient (Wildman–Crippen LogP) is 0.831. The van der Waals surface area contributed by atoms with Crippen LogP contribution >= 0.6 is 0 Å². The number of carbonyl (C=O) groups is 1. The zero-order valence-corrected chi connectivity index (χ0v) is 16.1. The molecule has 0 bridgehead atoms. The standard InChI is InChI=1S/C17H23N5O3S/c1-21(2)16-12-18-11-15(20-16)13-5-7-14(8-6-13)17(23)19-9-10-26(24,25)22(3)4/h5-8,11-12H,9-10H2,1-4H3,(H,19,23). The summed E-state index contributed by atoms with van der Waals surface area (Å²) in [4.78, 5) is 22.7. The highest BCUT2D eigenvalue weighted by molar-refractivity contribution is 7.89. The number of anilines is 1. The van der Waals surface area contributed by atoms with Crippen LogP contribution in [0.1, 0.15) is 10.4 Å². The smallest absolute Gasteiger partial charge is 0.251 e. The van der Waals surface area contributed by atoms with Crippen molar-refractivity contribution in [3.8, 4) is 11.3 Å². The van der Waals surface area contributed by atoms with Gasteiger partial charge < -0.3 is 10.2 Å². The number of rotatable bonds is 7. The molecular formula is C17H23N5O3S. The Morgan fingerprint density at radius 3 is 2.31 bits per heavy atom. The second-order valence-corrected chi connectivity index (χ2v) is 8.39. The van der Waals surface area contributed by atoms with Crippen LogP contribution in [0.2, 0.25) is 0 Å². The third kappa shape index (κ3) is 4.99. The fourth-order valence-corrected chi connectivity index (χ4v) is 2.81. The summed E-state index contributed by atoms with van der Waals surface area (Å²) in [7, 11) is 3.37. The van der Waals surface area contributed by atoms with E-state index in [0.29, 0.717) is 11.3 Å². The van der Waals surface area contributed by atoms with Gasteiger partial charge in [-0.15, -0.1) is 0 Å². The molecule has 0 saturated heterocycles. The van der Waals surface area contributed by atoms with Crippen molar-refractivity contribution < 1.29 is 13.2 Å². The van der Waals surface area contributed by atoms with Gasteiger partial charge in [-0.2, -0.15) is 0 Å². The molecule has 140 valence electrons. The number of hydrogen-bond acceptors (Lipinski definition) is 6. The van der Waals surface area contributed by atoms with Crippen molar-refractivity contribution in [2.75, 3.05) is 45.4 Å². The SMILES string of the molecule is CN(C)c1cncc(-c2ccc(C(=O)NCCS(=O)(=O)N(C)C)cc2)n1. The molecule has 26 heavy (non-hydrogen) atoms. The van der Waals surface area contributed by atoms with Crippen LogP contribution in [0, 0.1) is 0 Å². The Balaban J connectivity index is 2.03. The van der Waals surface area contributed by atoms with Gasteiger partial charge in [0.15, 0.2) is 0 Å². The molecule has 1 amide bonds. The maximum absolute atomic E-state index is 12.1. The highest BCUT2D eigenvalue weighted by atomic mass is 32.2. The average Bonchev–Trinajstić information content (AvgIpc) is 2.61. The molecule has 1 aromatic carbocycles. The van der Waals surface area contributed by atoms with Gasteiger partial charge in [-0.25, -0.2) is 17.7 Å². The lowest BCUT2D eigenvalue weighted by atomic mass is 10.1. The maximum atomic E-state index is 12.1. The van der Waals surface area contributed by atoms with Crippen LogP contribution < -0.4 is 10.2 Å². The molecule has 9 heteroatoms. The van der Waals surface area contributed by atoms with E-state index in [1.54, 1.807) is 36.7 Å². The lowest BCUT2D eigenvalue weighted by molar-refractivity contribution is 0.0956. The first-order valence-corrected chi connectivity index (χ1v) is 9.60. The molecule has 0 aliphatic heterocycles. The second-order valence-electron chi connectivity index (χ2n) is 6.09. The third-order valence-corrected chi connectivity index (χ3v) is 5.56. The first-order chi connectivity index (χ1) is 12.2. The topological polar surface area (TPSA) is 95.5 Å². The van der Waals surface area contributed by atoms with Crippen LogP contribution in [0.4, 0.5) is 5.82 Å². The number of carbonyl (C=O) groups excluding carboxylic acids is 1. The van der Waals surface area contributed by atoms with Crippen molar-refractivity contribution in [2.45, 2.75) is 0 Å². The number of nitrogens with zero attached hydrogens (tertiary/aromatic N) is 4. The minimum absolute atomic E-state index is 0.0530. The Hall–Kier alpha value is -2.52. The number of sulfonamides is 1. The first kappa shape index (κ1) is 19.8. The van der Waals surface area contributed by atoms with Crippen molar-refractivity contribution in [1.29, 1.82) is 0 Å². The Kier molecular flexibility index (Phi) is 6.27. The number of hydrogen-bond donors (Lipinski definition) is 1. The molecule has 2 rings (SSSR count). The molecule has 0 aliphatic carbocycles. The van der Waals surface area contributed by atoms with E-state index in [-0.39, 0.29) is 18.2 Å². The number of benzene rings is 1. The molecule has 0 radical (unpaired) electrons. The van der Waals surface area contributed by atoms with E-state index in [1.807, 2.05) is 19.0 Å². The van der Waals surface area contributed by atoms with Gasteiger partial charge in [0.25, 0.3) is 5.91 Å². The van der Waals surface area contributed by atoms with Gasteiger partial charge in [0.05, 0.1) is 23.8 Å².